The van der Waals surface area contributed by atoms with Crippen molar-refractivity contribution < 1.29 is 27.1 Å². The van der Waals surface area contributed by atoms with Crippen LogP contribution >= 0.6 is 22.9 Å². The van der Waals surface area contributed by atoms with Gasteiger partial charge in [-0.2, -0.15) is 0 Å². The van der Waals surface area contributed by atoms with Crippen LogP contribution in [-0.4, -0.2) is 24.6 Å². The zero-order valence-corrected chi connectivity index (χ0v) is 15.6. The molecule has 0 spiro atoms. The molecule has 1 heterocycles. The van der Waals surface area contributed by atoms with Crippen LogP contribution in [0.4, 0.5) is 19.4 Å². The van der Waals surface area contributed by atoms with Gasteiger partial charge in [0.1, 0.15) is 10.7 Å². The molecule has 0 bridgehead atoms. The predicted molar refractivity (Wildman–Crippen MR) is 89.9 cm³/mol. The molecule has 25 heavy (non-hydrogen) atoms. The molecule has 1 aromatic heterocycles. The quantitative estimate of drug-likeness (QED) is 0.764. The molecule has 0 unspecified atom stereocenters. The van der Waals surface area contributed by atoms with Crippen LogP contribution in [0.3, 0.4) is 0 Å². The standard InChI is InChI=1S/C14H13ClF2N2O4S2/c1-14(2,3)10-11(16)7(15)4-8(12(10)17)25(22,23)19(13(20)21)9-5-24-6-18-9/h4-6H,1-3H3,(H,20,21). The van der Waals surface area contributed by atoms with Crippen molar-refractivity contribution in [3.8, 4) is 0 Å². The van der Waals surface area contributed by atoms with Gasteiger partial charge in [0.05, 0.1) is 10.5 Å². The van der Waals surface area contributed by atoms with E-state index in [0.29, 0.717) is 6.07 Å². The Morgan fingerprint density at radius 2 is 1.92 bits per heavy atom. The van der Waals surface area contributed by atoms with Gasteiger partial charge in [0.15, 0.2) is 11.6 Å². The zero-order valence-electron chi connectivity index (χ0n) is 13.2. The maximum Gasteiger partial charge on any atom is 0.427 e. The molecule has 1 aromatic carbocycles. The van der Waals surface area contributed by atoms with Gasteiger partial charge in [-0.3, -0.25) is 0 Å². The number of aromatic nitrogens is 1. The lowest BCUT2D eigenvalue weighted by Gasteiger charge is -2.24. The molecular weight excluding hydrogens is 398 g/mol. The van der Waals surface area contributed by atoms with Gasteiger partial charge in [0.2, 0.25) is 0 Å². The van der Waals surface area contributed by atoms with Gasteiger partial charge in [-0.15, -0.1) is 15.6 Å². The molecule has 0 saturated carbocycles. The van der Waals surface area contributed by atoms with Gasteiger partial charge >= 0.3 is 6.09 Å². The molecule has 0 aliphatic carbocycles. The van der Waals surface area contributed by atoms with E-state index in [9.17, 15) is 27.1 Å². The van der Waals surface area contributed by atoms with Crippen LogP contribution in [0.15, 0.2) is 21.9 Å². The third kappa shape index (κ3) is 3.46. The van der Waals surface area contributed by atoms with E-state index < -0.39 is 54.5 Å². The van der Waals surface area contributed by atoms with Crippen LogP contribution < -0.4 is 4.31 Å². The normalized spacial score (nSPS) is 12.2. The topological polar surface area (TPSA) is 87.6 Å². The number of hydrogen-bond acceptors (Lipinski definition) is 5. The van der Waals surface area contributed by atoms with E-state index in [-0.39, 0.29) is 4.31 Å². The second kappa shape index (κ2) is 6.50. The number of benzene rings is 1. The second-order valence-electron chi connectivity index (χ2n) is 6.01. The third-order valence-corrected chi connectivity index (χ3v) is 5.72. The number of carboxylic acid groups (broad SMARTS) is 1. The summed E-state index contributed by atoms with van der Waals surface area (Å²) in [6, 6.07) is 0.555. The van der Waals surface area contributed by atoms with E-state index in [1.165, 1.54) is 31.7 Å². The Kier molecular flexibility index (Phi) is 5.08. The highest BCUT2D eigenvalue weighted by Gasteiger charge is 2.38. The molecule has 2 aromatic rings. The van der Waals surface area contributed by atoms with E-state index >= 15 is 0 Å². The number of anilines is 1. The summed E-state index contributed by atoms with van der Waals surface area (Å²) in [5, 5.41) is 9.80. The second-order valence-corrected chi connectivity index (χ2v) is 8.89. The lowest BCUT2D eigenvalue weighted by Crippen LogP contribution is -2.37. The molecule has 1 amide bonds. The number of amides is 1. The number of halogens is 3. The fraction of sp³-hybridized carbons (Fsp3) is 0.286. The summed E-state index contributed by atoms with van der Waals surface area (Å²) in [5.74, 6) is -2.91. The van der Waals surface area contributed by atoms with Crippen molar-refractivity contribution in [2.45, 2.75) is 31.1 Å². The lowest BCUT2D eigenvalue weighted by atomic mass is 9.86. The number of rotatable bonds is 3. The van der Waals surface area contributed by atoms with Gasteiger partial charge in [0, 0.05) is 10.9 Å². The number of sulfonamides is 1. The van der Waals surface area contributed by atoms with Crippen molar-refractivity contribution in [2.24, 2.45) is 0 Å². The van der Waals surface area contributed by atoms with Gasteiger partial charge in [-0.25, -0.2) is 27.0 Å². The third-order valence-electron chi connectivity index (χ3n) is 3.19. The average Bonchev–Trinajstić information content (AvgIpc) is 2.94. The molecule has 2 rings (SSSR count). The van der Waals surface area contributed by atoms with Crippen molar-refractivity contribution in [2.75, 3.05) is 4.31 Å². The summed E-state index contributed by atoms with van der Waals surface area (Å²) in [6.45, 7) is 4.41. The van der Waals surface area contributed by atoms with E-state index in [0.717, 1.165) is 11.3 Å². The summed E-state index contributed by atoms with van der Waals surface area (Å²) >= 11 is 6.68. The van der Waals surface area contributed by atoms with Crippen LogP contribution in [0.25, 0.3) is 0 Å². The van der Waals surface area contributed by atoms with E-state index in [1.54, 1.807) is 0 Å². The molecule has 0 atom stereocenters. The molecule has 0 aliphatic rings. The number of carbonyl (C=O) groups is 1. The maximum atomic E-state index is 14.9. The molecule has 0 saturated heterocycles. The summed E-state index contributed by atoms with van der Waals surface area (Å²) in [4.78, 5) is 14.0. The minimum atomic E-state index is -4.92. The molecule has 0 fully saturated rings. The van der Waals surface area contributed by atoms with E-state index in [2.05, 4.69) is 4.98 Å². The van der Waals surface area contributed by atoms with Crippen molar-refractivity contribution in [3.63, 3.8) is 0 Å². The Morgan fingerprint density at radius 3 is 2.36 bits per heavy atom. The highest BCUT2D eigenvalue weighted by atomic mass is 35.5. The molecular formula is C14H13ClF2N2O4S2. The first-order valence-electron chi connectivity index (χ1n) is 6.73. The predicted octanol–water partition coefficient (Wildman–Crippen LogP) is 4.25. The van der Waals surface area contributed by atoms with Gasteiger partial charge in [0.25, 0.3) is 10.0 Å². The first-order valence-corrected chi connectivity index (χ1v) is 9.49. The molecule has 136 valence electrons. The minimum Gasteiger partial charge on any atom is -0.464 e. The van der Waals surface area contributed by atoms with E-state index in [4.69, 9.17) is 11.6 Å². The Balaban J connectivity index is 2.80. The van der Waals surface area contributed by atoms with Crippen LogP contribution in [0.2, 0.25) is 5.02 Å². The summed E-state index contributed by atoms with van der Waals surface area (Å²) in [6.07, 6.45) is -1.89. The number of nitrogens with zero attached hydrogens (tertiary/aromatic N) is 2. The van der Waals surface area contributed by atoms with Crippen molar-refractivity contribution in [1.82, 2.24) is 4.98 Å². The Morgan fingerprint density at radius 1 is 1.32 bits per heavy atom. The fourth-order valence-corrected chi connectivity index (χ4v) is 4.35. The monoisotopic (exact) mass is 410 g/mol. The minimum absolute atomic E-state index is 0.0808. The first-order chi connectivity index (χ1) is 11.4. The van der Waals surface area contributed by atoms with Gasteiger partial charge in [-0.05, 0) is 11.5 Å². The summed E-state index contributed by atoms with van der Waals surface area (Å²) in [7, 11) is -4.92. The van der Waals surface area contributed by atoms with Crippen molar-refractivity contribution in [3.05, 3.63) is 39.2 Å². The molecule has 0 radical (unpaired) electrons. The largest absolute Gasteiger partial charge is 0.464 e. The zero-order chi connectivity index (χ0) is 19.2. The molecule has 6 nitrogen and oxygen atoms in total. The number of thiazole rings is 1. The lowest BCUT2D eigenvalue weighted by molar-refractivity contribution is 0.206. The molecule has 1 N–H and O–H groups in total. The highest BCUT2D eigenvalue weighted by Crippen LogP contribution is 2.37. The number of hydrogen-bond donors (Lipinski definition) is 1. The van der Waals surface area contributed by atoms with Gasteiger partial charge < -0.3 is 5.11 Å². The Labute approximate surface area is 151 Å². The van der Waals surface area contributed by atoms with E-state index in [1.807, 2.05) is 0 Å². The van der Waals surface area contributed by atoms with Crippen molar-refractivity contribution >= 4 is 44.9 Å². The van der Waals surface area contributed by atoms with Crippen LogP contribution in [0, 0.1) is 11.6 Å². The van der Waals surface area contributed by atoms with Crippen molar-refractivity contribution in [1.29, 1.82) is 0 Å². The van der Waals surface area contributed by atoms with Gasteiger partial charge in [-0.1, -0.05) is 32.4 Å². The Hall–Kier alpha value is -1.78. The smallest absolute Gasteiger partial charge is 0.427 e. The first kappa shape index (κ1) is 19.5. The summed E-state index contributed by atoms with van der Waals surface area (Å²) < 4.78 is 54.5. The van der Waals surface area contributed by atoms with Crippen LogP contribution in [0.5, 0.6) is 0 Å². The SMILES string of the molecule is CC(C)(C)c1c(F)c(Cl)cc(S(=O)(=O)N(C(=O)O)c2cscn2)c1F. The molecule has 11 heteroatoms. The maximum absolute atomic E-state index is 14.9. The van der Waals surface area contributed by atoms with Crippen LogP contribution in [0.1, 0.15) is 26.3 Å². The summed E-state index contributed by atoms with van der Waals surface area (Å²) in [5.41, 5.74) is -0.449. The van der Waals surface area contributed by atoms with Crippen LogP contribution in [-0.2, 0) is 15.4 Å². The highest BCUT2D eigenvalue weighted by molar-refractivity contribution is 7.93. The Bertz CT molecular complexity index is 925. The average molecular weight is 411 g/mol. The fourth-order valence-electron chi connectivity index (χ4n) is 2.16. The molecule has 0 aliphatic heterocycles.